The van der Waals surface area contributed by atoms with E-state index < -0.39 is 47.9 Å². The van der Waals surface area contributed by atoms with Gasteiger partial charge in [0, 0.05) is 20.8 Å². The molecule has 1 aliphatic heterocycles. The van der Waals surface area contributed by atoms with Gasteiger partial charge in [-0.25, -0.2) is 4.98 Å². The molecule has 1 aliphatic rings. The zero-order valence-corrected chi connectivity index (χ0v) is 16.9. The van der Waals surface area contributed by atoms with Crippen LogP contribution in [-0.4, -0.2) is 65.3 Å². The number of thioether (sulfide) groups is 1. The molecule has 0 amide bonds. The Morgan fingerprint density at radius 2 is 1.69 bits per heavy atom. The zero-order valence-electron chi connectivity index (χ0n) is 16.1. The van der Waals surface area contributed by atoms with Gasteiger partial charge in [-0.05, 0) is 6.26 Å². The van der Waals surface area contributed by atoms with Crippen LogP contribution in [0.2, 0.25) is 0 Å². The molecule has 12 heteroatoms. The quantitative estimate of drug-likeness (QED) is 0.217. The highest BCUT2D eigenvalue weighted by Crippen LogP contribution is 2.34. The van der Waals surface area contributed by atoms with Crippen molar-refractivity contribution >= 4 is 36.0 Å². The Labute approximate surface area is 169 Å². The molecule has 0 bridgehead atoms. The van der Waals surface area contributed by atoms with E-state index in [4.69, 9.17) is 18.9 Å². The summed E-state index contributed by atoms with van der Waals surface area (Å²) < 4.78 is 21.3. The first kappa shape index (κ1) is 22.6. The van der Waals surface area contributed by atoms with Crippen LogP contribution in [0.3, 0.4) is 0 Å². The summed E-state index contributed by atoms with van der Waals surface area (Å²) in [6.07, 6.45) is -2.89. The van der Waals surface area contributed by atoms with Gasteiger partial charge in [0.05, 0.1) is 12.3 Å². The summed E-state index contributed by atoms with van der Waals surface area (Å²) in [5.74, 6) is -2.13. The number of nitrogens with zero attached hydrogens (tertiary/aromatic N) is 1. The van der Waals surface area contributed by atoms with Gasteiger partial charge in [-0.3, -0.25) is 24.0 Å². The monoisotopic (exact) mass is 428 g/mol. The molecule has 2 rings (SSSR count). The number of ether oxygens (including phenoxy) is 4. The number of esters is 3. The van der Waals surface area contributed by atoms with Gasteiger partial charge < -0.3 is 23.9 Å². The van der Waals surface area contributed by atoms with Crippen molar-refractivity contribution in [2.45, 2.75) is 50.3 Å². The summed E-state index contributed by atoms with van der Waals surface area (Å²) in [6, 6.07) is 0. The summed E-state index contributed by atoms with van der Waals surface area (Å²) >= 11 is 1.12. The smallest absolute Gasteiger partial charge is 0.303 e. The Balaban J connectivity index is 2.58. The maximum atomic E-state index is 12.2. The van der Waals surface area contributed by atoms with E-state index in [0.717, 1.165) is 32.5 Å². The molecule has 0 spiro atoms. The van der Waals surface area contributed by atoms with Gasteiger partial charge in [-0.15, -0.1) is 0 Å². The van der Waals surface area contributed by atoms with E-state index in [0.29, 0.717) is 6.29 Å². The number of aldehydes is 1. The molecule has 0 unspecified atom stereocenters. The lowest BCUT2D eigenvalue weighted by Gasteiger charge is -2.40. The molecule has 29 heavy (non-hydrogen) atoms. The van der Waals surface area contributed by atoms with Gasteiger partial charge in [-0.2, -0.15) is 0 Å². The number of aromatic nitrogens is 2. The highest BCUT2D eigenvalue weighted by atomic mass is 32.2. The third kappa shape index (κ3) is 5.41. The van der Waals surface area contributed by atoms with Gasteiger partial charge in [0.2, 0.25) is 0 Å². The van der Waals surface area contributed by atoms with Gasteiger partial charge in [-0.1, -0.05) is 11.8 Å². The van der Waals surface area contributed by atoms with Gasteiger partial charge in [0.1, 0.15) is 11.7 Å². The summed E-state index contributed by atoms with van der Waals surface area (Å²) in [7, 11) is 0. The number of hydrogen-bond donors (Lipinski definition) is 1. The Morgan fingerprint density at radius 1 is 1.10 bits per heavy atom. The topological polar surface area (TPSA) is 151 Å². The maximum Gasteiger partial charge on any atom is 0.303 e. The van der Waals surface area contributed by atoms with Crippen LogP contribution in [0.25, 0.3) is 0 Å². The average Bonchev–Trinajstić information content (AvgIpc) is 2.62. The fraction of sp³-hybridized carbons (Fsp3) is 0.529. The van der Waals surface area contributed by atoms with E-state index in [2.05, 4.69) is 9.97 Å². The molecule has 0 aromatic carbocycles. The predicted molar refractivity (Wildman–Crippen MR) is 97.4 cm³/mol. The fourth-order valence-corrected chi connectivity index (χ4v) is 3.27. The van der Waals surface area contributed by atoms with Crippen molar-refractivity contribution in [1.82, 2.24) is 9.97 Å². The van der Waals surface area contributed by atoms with Crippen molar-refractivity contribution in [3.05, 3.63) is 21.6 Å². The Kier molecular flexibility index (Phi) is 7.51. The van der Waals surface area contributed by atoms with Crippen LogP contribution in [0.1, 0.15) is 42.9 Å². The van der Waals surface area contributed by atoms with Crippen LogP contribution in [-0.2, 0) is 33.3 Å². The van der Waals surface area contributed by atoms with E-state index in [1.807, 2.05) is 0 Å². The van der Waals surface area contributed by atoms with Crippen molar-refractivity contribution in [3.8, 4) is 0 Å². The first-order valence-corrected chi connectivity index (χ1v) is 9.67. The van der Waals surface area contributed by atoms with E-state index in [1.165, 1.54) is 0 Å². The number of carbonyl (C=O) groups excluding carboxylic acids is 4. The fourth-order valence-electron chi connectivity index (χ4n) is 2.88. The molecular weight excluding hydrogens is 408 g/mol. The van der Waals surface area contributed by atoms with Gasteiger partial charge in [0.15, 0.2) is 29.8 Å². The second-order valence-corrected chi connectivity index (χ2v) is 6.84. The molecular formula is C17H20N2O9S. The van der Waals surface area contributed by atoms with Crippen molar-refractivity contribution in [2.24, 2.45) is 0 Å². The molecule has 0 radical (unpaired) electrons. The van der Waals surface area contributed by atoms with E-state index in [-0.39, 0.29) is 23.0 Å². The Hall–Kier alpha value is -2.73. The lowest BCUT2D eigenvalue weighted by atomic mass is 9.95. The van der Waals surface area contributed by atoms with Crippen LogP contribution in [0.4, 0.5) is 0 Å². The number of rotatable bonds is 6. The summed E-state index contributed by atoms with van der Waals surface area (Å²) in [6.45, 7) is 3.16. The summed E-state index contributed by atoms with van der Waals surface area (Å²) in [5.41, 5.74) is -1.11. The normalized spacial score (nSPS) is 23.7. The SMILES string of the molecule is CSc1nc([C@@H]2OC[C@@H](OC(C)=O)[C@H](OC(C)=O)[C@H]2OC(C)=O)c(C=O)c(=O)[nH]1. The molecule has 1 saturated heterocycles. The lowest BCUT2D eigenvalue weighted by molar-refractivity contribution is -0.227. The van der Waals surface area contributed by atoms with Crippen LogP contribution in [0.5, 0.6) is 0 Å². The number of nitrogens with one attached hydrogen (secondary N) is 1. The minimum absolute atomic E-state index is 0.0854. The van der Waals surface area contributed by atoms with Gasteiger partial charge in [0.25, 0.3) is 5.56 Å². The first-order chi connectivity index (χ1) is 13.7. The molecule has 158 valence electrons. The molecule has 11 nitrogen and oxygen atoms in total. The average molecular weight is 428 g/mol. The second kappa shape index (κ2) is 9.65. The lowest BCUT2D eigenvalue weighted by Crippen LogP contribution is -2.54. The van der Waals surface area contributed by atoms with Crippen LogP contribution >= 0.6 is 11.8 Å². The third-order valence-corrected chi connectivity index (χ3v) is 4.47. The number of hydrogen-bond acceptors (Lipinski definition) is 11. The second-order valence-electron chi connectivity index (χ2n) is 6.04. The standard InChI is InChI=1S/C17H20N2O9S/c1-7(21)26-11-6-25-14(15(28-9(3)23)13(11)27-8(2)22)12-10(5-20)16(24)19-17(18-12)29-4/h5,11,13-15H,6H2,1-4H3,(H,18,19,24)/t11-,13+,14+,15-/m1/s1. The first-order valence-electron chi connectivity index (χ1n) is 8.44. The van der Waals surface area contributed by atoms with Gasteiger partial charge >= 0.3 is 17.9 Å². The number of carbonyl (C=O) groups is 4. The Bertz CT molecular complexity index is 869. The van der Waals surface area contributed by atoms with Crippen molar-refractivity contribution < 1.29 is 38.1 Å². The Morgan fingerprint density at radius 3 is 2.21 bits per heavy atom. The zero-order chi connectivity index (χ0) is 21.7. The highest BCUT2D eigenvalue weighted by Gasteiger charge is 2.48. The summed E-state index contributed by atoms with van der Waals surface area (Å²) in [4.78, 5) is 65.1. The van der Waals surface area contributed by atoms with E-state index in [1.54, 1.807) is 6.26 Å². The molecule has 1 aromatic rings. The summed E-state index contributed by atoms with van der Waals surface area (Å²) in [5, 5.41) is 0.201. The van der Waals surface area contributed by atoms with E-state index in [9.17, 15) is 24.0 Å². The van der Waals surface area contributed by atoms with E-state index >= 15 is 0 Å². The highest BCUT2D eigenvalue weighted by molar-refractivity contribution is 7.98. The van der Waals surface area contributed by atoms with Crippen LogP contribution in [0, 0.1) is 0 Å². The van der Waals surface area contributed by atoms with Crippen LogP contribution < -0.4 is 5.56 Å². The van der Waals surface area contributed by atoms with Crippen molar-refractivity contribution in [1.29, 1.82) is 0 Å². The number of H-pyrrole nitrogens is 1. The molecule has 1 N–H and O–H groups in total. The minimum atomic E-state index is -1.32. The molecule has 0 saturated carbocycles. The molecule has 2 heterocycles. The third-order valence-electron chi connectivity index (χ3n) is 3.89. The largest absolute Gasteiger partial charge is 0.456 e. The maximum absolute atomic E-state index is 12.2. The van der Waals surface area contributed by atoms with Crippen molar-refractivity contribution in [3.63, 3.8) is 0 Å². The van der Waals surface area contributed by atoms with Crippen molar-refractivity contribution in [2.75, 3.05) is 12.9 Å². The minimum Gasteiger partial charge on any atom is -0.456 e. The number of aromatic amines is 1. The van der Waals surface area contributed by atoms with Crippen LogP contribution in [0.15, 0.2) is 9.95 Å². The molecule has 1 aromatic heterocycles. The molecule has 4 atom stereocenters. The predicted octanol–water partition coefficient (Wildman–Crippen LogP) is 0.171. The molecule has 0 aliphatic carbocycles. The molecule has 1 fully saturated rings.